The Hall–Kier alpha value is -2.86. The van der Waals surface area contributed by atoms with Crippen LogP contribution < -0.4 is 5.32 Å². The summed E-state index contributed by atoms with van der Waals surface area (Å²) in [5, 5.41) is 15.2. The van der Waals surface area contributed by atoms with Crippen LogP contribution in [-0.2, 0) is 6.42 Å². The number of hydrogen-bond donors (Lipinski definition) is 2. The molecule has 0 fully saturated rings. The quantitative estimate of drug-likeness (QED) is 0.546. The largest absolute Gasteiger partial charge is 0.360 e. The maximum atomic E-state index is 12.7. The first-order valence-electron chi connectivity index (χ1n) is 7.87. The molecule has 1 aliphatic rings. The molecule has 1 unspecified atom stereocenters. The third-order valence-electron chi connectivity index (χ3n) is 4.61. The number of carbonyl (C=O) groups is 1. The summed E-state index contributed by atoms with van der Waals surface area (Å²) in [4.78, 5) is 26.2. The van der Waals surface area contributed by atoms with Crippen LogP contribution in [0.3, 0.4) is 0 Å². The Morgan fingerprint density at radius 2 is 2.12 bits per heavy atom. The highest BCUT2D eigenvalue weighted by Crippen LogP contribution is 2.33. The third kappa shape index (κ3) is 2.74. The number of H-pyrrole nitrogens is 1. The van der Waals surface area contributed by atoms with E-state index in [1.54, 1.807) is 12.3 Å². The summed E-state index contributed by atoms with van der Waals surface area (Å²) in [7, 11) is 0. The van der Waals surface area contributed by atoms with Crippen molar-refractivity contribution in [2.24, 2.45) is 0 Å². The summed E-state index contributed by atoms with van der Waals surface area (Å²) in [6, 6.07) is 10.1. The topological polar surface area (TPSA) is 88.0 Å². The molecule has 0 saturated heterocycles. The molecule has 2 N–H and O–H groups in total. The molecule has 1 heterocycles. The molecule has 1 aromatic heterocycles. The van der Waals surface area contributed by atoms with Gasteiger partial charge in [0.2, 0.25) is 0 Å². The number of aryl methyl sites for hydroxylation is 1. The Bertz CT molecular complexity index is 1010. The van der Waals surface area contributed by atoms with Gasteiger partial charge in [-0.15, -0.1) is 0 Å². The molecule has 0 radical (unpaired) electrons. The van der Waals surface area contributed by atoms with E-state index in [2.05, 4.69) is 10.3 Å². The predicted molar refractivity (Wildman–Crippen MR) is 94.9 cm³/mol. The minimum atomic E-state index is -0.467. The molecule has 4 rings (SSSR count). The summed E-state index contributed by atoms with van der Waals surface area (Å²) in [5.74, 6) is -0.250. The SMILES string of the molecule is O=C(NC1CCc2cc(Cl)ccc21)c1c[nH]c2ccc([N+](=O)[O-])cc12. The van der Waals surface area contributed by atoms with Crippen LogP contribution in [0.2, 0.25) is 5.02 Å². The van der Waals surface area contributed by atoms with E-state index in [9.17, 15) is 14.9 Å². The van der Waals surface area contributed by atoms with Crippen LogP contribution in [-0.4, -0.2) is 15.8 Å². The van der Waals surface area contributed by atoms with Crippen molar-refractivity contribution in [1.29, 1.82) is 0 Å². The predicted octanol–water partition coefficient (Wildman–Crippen LogP) is 4.15. The zero-order valence-electron chi connectivity index (χ0n) is 13.1. The van der Waals surface area contributed by atoms with E-state index < -0.39 is 4.92 Å². The maximum absolute atomic E-state index is 12.7. The zero-order chi connectivity index (χ0) is 17.6. The van der Waals surface area contributed by atoms with E-state index in [1.165, 1.54) is 12.1 Å². The molecule has 0 aliphatic heterocycles. The highest BCUT2D eigenvalue weighted by atomic mass is 35.5. The maximum Gasteiger partial charge on any atom is 0.270 e. The number of aromatic amines is 1. The molecular weight excluding hydrogens is 342 g/mol. The number of carbonyl (C=O) groups excluding carboxylic acids is 1. The summed E-state index contributed by atoms with van der Waals surface area (Å²) < 4.78 is 0. The lowest BCUT2D eigenvalue weighted by atomic mass is 10.1. The Kier molecular flexibility index (Phi) is 3.69. The first kappa shape index (κ1) is 15.7. The van der Waals surface area contributed by atoms with Gasteiger partial charge >= 0.3 is 0 Å². The molecule has 1 aliphatic carbocycles. The molecule has 7 heteroatoms. The van der Waals surface area contributed by atoms with E-state index in [4.69, 9.17) is 11.6 Å². The number of nitrogens with one attached hydrogen (secondary N) is 2. The van der Waals surface area contributed by atoms with Crippen LogP contribution in [0, 0.1) is 10.1 Å². The van der Waals surface area contributed by atoms with E-state index in [-0.39, 0.29) is 17.6 Å². The second kappa shape index (κ2) is 5.89. The minimum Gasteiger partial charge on any atom is -0.360 e. The van der Waals surface area contributed by atoms with Crippen molar-refractivity contribution in [3.8, 4) is 0 Å². The van der Waals surface area contributed by atoms with Gasteiger partial charge in [0.15, 0.2) is 0 Å². The van der Waals surface area contributed by atoms with E-state index in [0.29, 0.717) is 21.5 Å². The van der Waals surface area contributed by atoms with Crippen molar-refractivity contribution in [3.63, 3.8) is 0 Å². The van der Waals surface area contributed by atoms with E-state index in [0.717, 1.165) is 24.0 Å². The molecule has 2 aromatic carbocycles. The summed E-state index contributed by atoms with van der Waals surface area (Å²) >= 11 is 6.02. The highest BCUT2D eigenvalue weighted by Gasteiger charge is 2.25. The Morgan fingerprint density at radius 1 is 1.28 bits per heavy atom. The van der Waals surface area contributed by atoms with Gasteiger partial charge in [-0.1, -0.05) is 17.7 Å². The van der Waals surface area contributed by atoms with Crippen LogP contribution >= 0.6 is 11.6 Å². The number of non-ortho nitro benzene ring substituents is 1. The molecule has 1 amide bonds. The van der Waals surface area contributed by atoms with Crippen molar-refractivity contribution in [3.05, 3.63) is 74.4 Å². The monoisotopic (exact) mass is 355 g/mol. The number of nitrogens with zero attached hydrogens (tertiary/aromatic N) is 1. The van der Waals surface area contributed by atoms with Crippen LogP contribution in [0.4, 0.5) is 5.69 Å². The second-order valence-electron chi connectivity index (χ2n) is 6.10. The third-order valence-corrected chi connectivity index (χ3v) is 4.84. The number of benzene rings is 2. The molecular formula is C18H14ClN3O3. The van der Waals surface area contributed by atoms with Crippen molar-refractivity contribution in [2.75, 3.05) is 0 Å². The number of halogens is 1. The molecule has 6 nitrogen and oxygen atoms in total. The van der Waals surface area contributed by atoms with Gasteiger partial charge in [0.25, 0.3) is 11.6 Å². The highest BCUT2D eigenvalue weighted by molar-refractivity contribution is 6.30. The zero-order valence-corrected chi connectivity index (χ0v) is 13.8. The summed E-state index contributed by atoms with van der Waals surface area (Å²) in [6.45, 7) is 0. The van der Waals surface area contributed by atoms with Crippen molar-refractivity contribution in [2.45, 2.75) is 18.9 Å². The number of rotatable bonds is 3. The number of fused-ring (bicyclic) bond motifs is 2. The van der Waals surface area contributed by atoms with Gasteiger partial charge in [0.1, 0.15) is 0 Å². The van der Waals surface area contributed by atoms with Crippen LogP contribution in [0.5, 0.6) is 0 Å². The molecule has 0 saturated carbocycles. The first-order valence-corrected chi connectivity index (χ1v) is 8.25. The fourth-order valence-corrected chi connectivity index (χ4v) is 3.58. The number of amides is 1. The molecule has 1 atom stereocenters. The molecule has 0 bridgehead atoms. The number of aromatic nitrogens is 1. The van der Waals surface area contributed by atoms with Gasteiger partial charge in [0.05, 0.1) is 16.5 Å². The number of nitro groups is 1. The van der Waals surface area contributed by atoms with Crippen LogP contribution in [0.15, 0.2) is 42.6 Å². The number of hydrogen-bond acceptors (Lipinski definition) is 3. The van der Waals surface area contributed by atoms with Gasteiger partial charge in [0, 0.05) is 34.3 Å². The van der Waals surface area contributed by atoms with Crippen LogP contribution in [0.25, 0.3) is 10.9 Å². The summed E-state index contributed by atoms with van der Waals surface area (Å²) in [6.07, 6.45) is 3.26. The number of nitro benzene ring substituents is 1. The summed E-state index contributed by atoms with van der Waals surface area (Å²) in [5.41, 5.74) is 3.27. The van der Waals surface area contributed by atoms with E-state index in [1.807, 2.05) is 18.2 Å². The Morgan fingerprint density at radius 3 is 2.92 bits per heavy atom. The van der Waals surface area contributed by atoms with Gasteiger partial charge < -0.3 is 10.3 Å². The minimum absolute atomic E-state index is 0.0398. The van der Waals surface area contributed by atoms with Gasteiger partial charge in [-0.2, -0.15) is 0 Å². The smallest absolute Gasteiger partial charge is 0.270 e. The van der Waals surface area contributed by atoms with Crippen LogP contribution in [0.1, 0.15) is 33.9 Å². The van der Waals surface area contributed by atoms with Crippen molar-refractivity contribution < 1.29 is 9.72 Å². The van der Waals surface area contributed by atoms with Crippen molar-refractivity contribution in [1.82, 2.24) is 10.3 Å². The Balaban J connectivity index is 1.63. The lowest BCUT2D eigenvalue weighted by Crippen LogP contribution is -2.26. The molecule has 126 valence electrons. The molecule has 0 spiro atoms. The first-order chi connectivity index (χ1) is 12.0. The Labute approximate surface area is 148 Å². The van der Waals surface area contributed by atoms with Gasteiger partial charge in [-0.25, -0.2) is 0 Å². The average Bonchev–Trinajstić information content (AvgIpc) is 3.18. The average molecular weight is 356 g/mol. The van der Waals surface area contributed by atoms with Gasteiger partial charge in [-0.3, -0.25) is 14.9 Å². The van der Waals surface area contributed by atoms with Crippen molar-refractivity contribution >= 4 is 34.1 Å². The second-order valence-corrected chi connectivity index (χ2v) is 6.53. The van der Waals surface area contributed by atoms with Gasteiger partial charge in [-0.05, 0) is 42.2 Å². The standard InChI is InChI=1S/C18H14ClN3O3/c19-11-2-4-13-10(7-11)1-5-17(13)21-18(23)15-9-20-16-6-3-12(22(24)25)8-14(15)16/h2-4,6-9,17,20H,1,5H2,(H,21,23). The van der Waals surface area contributed by atoms with E-state index >= 15 is 0 Å². The molecule has 25 heavy (non-hydrogen) atoms. The fourth-order valence-electron chi connectivity index (χ4n) is 3.38. The molecule has 3 aromatic rings. The lowest BCUT2D eigenvalue weighted by molar-refractivity contribution is -0.384. The fraction of sp³-hybridized carbons (Fsp3) is 0.167. The normalized spacial score (nSPS) is 16.0. The lowest BCUT2D eigenvalue weighted by Gasteiger charge is -2.14.